The Balaban J connectivity index is 1.60. The van der Waals surface area contributed by atoms with Crippen molar-refractivity contribution in [2.45, 2.75) is 70.0 Å². The van der Waals surface area contributed by atoms with Crippen molar-refractivity contribution in [1.29, 1.82) is 0 Å². The van der Waals surface area contributed by atoms with Gasteiger partial charge in [-0.05, 0) is 56.3 Å². The quantitative estimate of drug-likeness (QED) is 0.752. The van der Waals surface area contributed by atoms with E-state index in [0.29, 0.717) is 6.04 Å². The molecule has 0 radical (unpaired) electrons. The van der Waals surface area contributed by atoms with Gasteiger partial charge in [-0.1, -0.05) is 13.3 Å². The number of fused-ring (bicyclic) bond motifs is 2. The fraction of sp³-hybridized carbons (Fsp3) is 1.00. The van der Waals surface area contributed by atoms with E-state index in [0.717, 1.165) is 29.8 Å². The second kappa shape index (κ2) is 4.30. The van der Waals surface area contributed by atoms with Crippen molar-refractivity contribution in [2.24, 2.45) is 23.5 Å². The fourth-order valence-corrected chi connectivity index (χ4v) is 4.37. The summed E-state index contributed by atoms with van der Waals surface area (Å²) in [5, 5.41) is 3.95. The highest BCUT2D eigenvalue weighted by Crippen LogP contribution is 2.41. The Morgan fingerprint density at radius 2 is 1.62 bits per heavy atom. The third-order valence-corrected chi connectivity index (χ3v) is 5.18. The summed E-state index contributed by atoms with van der Waals surface area (Å²) in [7, 11) is 0. The van der Waals surface area contributed by atoms with Crippen molar-refractivity contribution in [2.75, 3.05) is 0 Å². The van der Waals surface area contributed by atoms with Gasteiger partial charge >= 0.3 is 0 Å². The molecule has 2 atom stereocenters. The molecule has 3 aliphatic carbocycles. The topological polar surface area (TPSA) is 38.0 Å². The van der Waals surface area contributed by atoms with Crippen LogP contribution in [0.1, 0.15) is 51.9 Å². The molecule has 0 aromatic heterocycles. The van der Waals surface area contributed by atoms with Gasteiger partial charge in [-0.3, -0.25) is 0 Å². The van der Waals surface area contributed by atoms with Gasteiger partial charge in [0, 0.05) is 18.1 Å². The molecule has 0 saturated heterocycles. The van der Waals surface area contributed by atoms with Crippen LogP contribution in [-0.4, -0.2) is 18.1 Å². The highest BCUT2D eigenvalue weighted by molar-refractivity contribution is 4.98. The highest BCUT2D eigenvalue weighted by Gasteiger charge is 2.41. The summed E-state index contributed by atoms with van der Waals surface area (Å²) in [6.07, 6.45) is 9.65. The summed E-state index contributed by atoms with van der Waals surface area (Å²) in [5.41, 5.74) is 6.16. The van der Waals surface area contributed by atoms with Gasteiger partial charge < -0.3 is 11.1 Å². The van der Waals surface area contributed by atoms with Crippen molar-refractivity contribution >= 4 is 0 Å². The number of hydrogen-bond acceptors (Lipinski definition) is 2. The summed E-state index contributed by atoms with van der Waals surface area (Å²) >= 11 is 0. The molecule has 3 aliphatic rings. The van der Waals surface area contributed by atoms with Crippen molar-refractivity contribution in [3.8, 4) is 0 Å². The molecule has 16 heavy (non-hydrogen) atoms. The summed E-state index contributed by atoms with van der Waals surface area (Å²) in [6.45, 7) is 2.37. The van der Waals surface area contributed by atoms with Crippen LogP contribution in [-0.2, 0) is 0 Å². The molecule has 2 heteroatoms. The summed E-state index contributed by atoms with van der Waals surface area (Å²) in [6, 6.07) is 2.14. The average Bonchev–Trinajstić information content (AvgIpc) is 2.16. The average molecular weight is 222 g/mol. The molecule has 0 heterocycles. The van der Waals surface area contributed by atoms with Crippen molar-refractivity contribution < 1.29 is 0 Å². The van der Waals surface area contributed by atoms with Crippen LogP contribution >= 0.6 is 0 Å². The minimum absolute atomic E-state index is 0.494. The molecule has 2 unspecified atom stereocenters. The normalized spacial score (nSPS) is 52.1. The lowest BCUT2D eigenvalue weighted by atomic mass is 9.66. The maximum atomic E-state index is 6.16. The zero-order valence-corrected chi connectivity index (χ0v) is 10.5. The van der Waals surface area contributed by atoms with Crippen LogP contribution in [0.15, 0.2) is 0 Å². The van der Waals surface area contributed by atoms with Crippen LogP contribution in [0, 0.1) is 17.8 Å². The summed E-state index contributed by atoms with van der Waals surface area (Å²) in [5.74, 6) is 2.74. The molecular formula is C14H26N2. The molecule has 2 nitrogen and oxygen atoms in total. The number of nitrogens with one attached hydrogen (secondary N) is 1. The molecule has 0 spiro atoms. The van der Waals surface area contributed by atoms with Crippen LogP contribution in [0.4, 0.5) is 0 Å². The Hall–Kier alpha value is -0.0800. The SMILES string of the molecule is CC1CC(NC2C3CCCC2CC(N)C3)C1. The fourth-order valence-electron chi connectivity index (χ4n) is 4.37. The zero-order chi connectivity index (χ0) is 11.1. The van der Waals surface area contributed by atoms with Crippen molar-refractivity contribution in [3.63, 3.8) is 0 Å². The molecule has 92 valence electrons. The van der Waals surface area contributed by atoms with E-state index in [-0.39, 0.29) is 0 Å². The molecule has 3 rings (SSSR count). The van der Waals surface area contributed by atoms with Gasteiger partial charge in [-0.15, -0.1) is 0 Å². The van der Waals surface area contributed by atoms with Gasteiger partial charge in [0.2, 0.25) is 0 Å². The molecule has 0 amide bonds. The third-order valence-electron chi connectivity index (χ3n) is 5.18. The Morgan fingerprint density at radius 1 is 1.00 bits per heavy atom. The molecule has 3 saturated carbocycles. The van der Waals surface area contributed by atoms with Crippen LogP contribution in [0.3, 0.4) is 0 Å². The van der Waals surface area contributed by atoms with Gasteiger partial charge in [-0.25, -0.2) is 0 Å². The van der Waals surface area contributed by atoms with E-state index in [2.05, 4.69) is 12.2 Å². The molecule has 3 fully saturated rings. The Bertz CT molecular complexity index is 233. The maximum absolute atomic E-state index is 6.16. The third kappa shape index (κ3) is 2.02. The Morgan fingerprint density at radius 3 is 2.19 bits per heavy atom. The van der Waals surface area contributed by atoms with Crippen LogP contribution in [0.2, 0.25) is 0 Å². The smallest absolute Gasteiger partial charge is 0.0127 e. The minimum Gasteiger partial charge on any atom is -0.328 e. The van der Waals surface area contributed by atoms with E-state index in [1.807, 2.05) is 0 Å². The van der Waals surface area contributed by atoms with Crippen LogP contribution < -0.4 is 11.1 Å². The first-order chi connectivity index (χ1) is 7.72. The van der Waals surface area contributed by atoms with Crippen LogP contribution in [0.25, 0.3) is 0 Å². The number of nitrogens with two attached hydrogens (primary N) is 1. The second-order valence-electron chi connectivity index (χ2n) is 6.65. The van der Waals surface area contributed by atoms with E-state index in [1.165, 1.54) is 44.9 Å². The predicted molar refractivity (Wildman–Crippen MR) is 67.2 cm³/mol. The summed E-state index contributed by atoms with van der Waals surface area (Å²) < 4.78 is 0. The molecule has 0 aliphatic heterocycles. The standard InChI is InChI=1S/C14H26N2/c1-9-5-13(6-9)16-14-10-3-2-4-11(14)8-12(15)7-10/h9-14,16H,2-8,15H2,1H3. The molecule has 0 aromatic carbocycles. The maximum Gasteiger partial charge on any atom is 0.0127 e. The van der Waals surface area contributed by atoms with E-state index in [9.17, 15) is 0 Å². The van der Waals surface area contributed by atoms with E-state index >= 15 is 0 Å². The molecule has 3 N–H and O–H groups in total. The Kier molecular flexibility index (Phi) is 2.97. The number of rotatable bonds is 2. The molecule has 2 bridgehead atoms. The first kappa shape index (κ1) is 11.0. The largest absolute Gasteiger partial charge is 0.328 e. The number of hydrogen-bond donors (Lipinski definition) is 2. The van der Waals surface area contributed by atoms with Gasteiger partial charge in [0.15, 0.2) is 0 Å². The Labute approximate surface area is 99.4 Å². The van der Waals surface area contributed by atoms with E-state index in [1.54, 1.807) is 0 Å². The van der Waals surface area contributed by atoms with Gasteiger partial charge in [0.1, 0.15) is 0 Å². The first-order valence-electron chi connectivity index (χ1n) is 7.24. The van der Waals surface area contributed by atoms with Gasteiger partial charge in [0.25, 0.3) is 0 Å². The predicted octanol–water partition coefficient (Wildman–Crippen LogP) is 2.28. The van der Waals surface area contributed by atoms with E-state index in [4.69, 9.17) is 5.73 Å². The van der Waals surface area contributed by atoms with Crippen LogP contribution in [0.5, 0.6) is 0 Å². The zero-order valence-electron chi connectivity index (χ0n) is 10.5. The second-order valence-corrected chi connectivity index (χ2v) is 6.65. The first-order valence-corrected chi connectivity index (χ1v) is 7.24. The van der Waals surface area contributed by atoms with Crippen molar-refractivity contribution in [3.05, 3.63) is 0 Å². The van der Waals surface area contributed by atoms with Gasteiger partial charge in [0.05, 0.1) is 0 Å². The van der Waals surface area contributed by atoms with E-state index < -0.39 is 0 Å². The molecular weight excluding hydrogens is 196 g/mol. The van der Waals surface area contributed by atoms with Gasteiger partial charge in [-0.2, -0.15) is 0 Å². The minimum atomic E-state index is 0.494. The lowest BCUT2D eigenvalue weighted by molar-refractivity contribution is 0.0793. The molecule has 0 aromatic rings. The highest BCUT2D eigenvalue weighted by atomic mass is 15.0. The lowest BCUT2D eigenvalue weighted by Gasteiger charge is -2.48. The monoisotopic (exact) mass is 222 g/mol. The van der Waals surface area contributed by atoms with Crippen molar-refractivity contribution in [1.82, 2.24) is 5.32 Å². The summed E-state index contributed by atoms with van der Waals surface area (Å²) in [4.78, 5) is 0. The lowest BCUT2D eigenvalue weighted by Crippen LogP contribution is -2.57.